The first-order chi connectivity index (χ1) is 9.24. The number of hydrogen-bond donors (Lipinski definition) is 1. The number of carboxylic acid groups (broad SMARTS) is 1. The van der Waals surface area contributed by atoms with Gasteiger partial charge in [0.1, 0.15) is 5.01 Å². The summed E-state index contributed by atoms with van der Waals surface area (Å²) in [5.74, 6) is -0.921. The molecule has 1 N–H and O–H groups in total. The van der Waals surface area contributed by atoms with Gasteiger partial charge >= 0.3 is 5.97 Å². The SMILES string of the molecule is O=C(O)c1cccc(-c2csc(-c3ccsc3)n2)c1. The smallest absolute Gasteiger partial charge is 0.335 e. The van der Waals surface area contributed by atoms with Gasteiger partial charge < -0.3 is 5.11 Å². The normalized spacial score (nSPS) is 10.5. The fourth-order valence-electron chi connectivity index (χ4n) is 1.74. The van der Waals surface area contributed by atoms with Crippen molar-refractivity contribution in [2.45, 2.75) is 0 Å². The Morgan fingerprint density at radius 1 is 1.16 bits per heavy atom. The third kappa shape index (κ3) is 2.43. The molecule has 3 rings (SSSR count). The molecule has 0 aliphatic carbocycles. The van der Waals surface area contributed by atoms with Crippen LogP contribution >= 0.6 is 22.7 Å². The summed E-state index contributed by atoms with van der Waals surface area (Å²) in [5.41, 5.74) is 3.03. The highest BCUT2D eigenvalue weighted by atomic mass is 32.1. The highest BCUT2D eigenvalue weighted by molar-refractivity contribution is 7.14. The minimum atomic E-state index is -0.921. The van der Waals surface area contributed by atoms with Gasteiger partial charge in [0.2, 0.25) is 0 Å². The summed E-state index contributed by atoms with van der Waals surface area (Å²) in [6, 6.07) is 8.87. The van der Waals surface area contributed by atoms with E-state index in [-0.39, 0.29) is 5.56 Å². The van der Waals surface area contributed by atoms with Crippen LogP contribution in [0.1, 0.15) is 10.4 Å². The highest BCUT2D eigenvalue weighted by Gasteiger charge is 2.09. The summed E-state index contributed by atoms with van der Waals surface area (Å²) in [7, 11) is 0. The van der Waals surface area contributed by atoms with Gasteiger partial charge in [0.15, 0.2) is 0 Å². The average Bonchev–Trinajstić information content (AvgIpc) is 3.09. The number of rotatable bonds is 3. The molecule has 0 bridgehead atoms. The molecule has 0 aliphatic heterocycles. The van der Waals surface area contributed by atoms with E-state index >= 15 is 0 Å². The average molecular weight is 287 g/mol. The number of thiazole rings is 1. The summed E-state index contributed by atoms with van der Waals surface area (Å²) in [5, 5.41) is 16.0. The Balaban J connectivity index is 1.99. The predicted octanol–water partition coefficient (Wildman–Crippen LogP) is 4.24. The quantitative estimate of drug-likeness (QED) is 0.784. The van der Waals surface area contributed by atoms with Crippen molar-refractivity contribution in [1.82, 2.24) is 4.98 Å². The lowest BCUT2D eigenvalue weighted by Crippen LogP contribution is -1.95. The molecule has 0 spiro atoms. The second-order valence-electron chi connectivity index (χ2n) is 3.94. The summed E-state index contributed by atoms with van der Waals surface area (Å²) >= 11 is 3.20. The van der Waals surface area contributed by atoms with Crippen molar-refractivity contribution in [3.8, 4) is 21.8 Å². The van der Waals surface area contributed by atoms with Crippen molar-refractivity contribution < 1.29 is 9.90 Å². The van der Waals surface area contributed by atoms with Crippen LogP contribution in [0.2, 0.25) is 0 Å². The number of carbonyl (C=O) groups is 1. The van der Waals surface area contributed by atoms with Crippen LogP contribution in [0.4, 0.5) is 0 Å². The molecule has 19 heavy (non-hydrogen) atoms. The van der Waals surface area contributed by atoms with Crippen molar-refractivity contribution in [3.63, 3.8) is 0 Å². The summed E-state index contributed by atoms with van der Waals surface area (Å²) in [4.78, 5) is 15.5. The summed E-state index contributed by atoms with van der Waals surface area (Å²) in [6.45, 7) is 0. The van der Waals surface area contributed by atoms with Gasteiger partial charge in [-0.05, 0) is 23.6 Å². The minimum Gasteiger partial charge on any atom is -0.478 e. The van der Waals surface area contributed by atoms with E-state index in [0.717, 1.165) is 21.8 Å². The molecule has 94 valence electrons. The summed E-state index contributed by atoms with van der Waals surface area (Å²) < 4.78 is 0. The van der Waals surface area contributed by atoms with Crippen molar-refractivity contribution >= 4 is 28.6 Å². The molecule has 0 saturated carbocycles. The zero-order chi connectivity index (χ0) is 13.2. The number of nitrogens with zero attached hydrogens (tertiary/aromatic N) is 1. The molecule has 3 nitrogen and oxygen atoms in total. The summed E-state index contributed by atoms with van der Waals surface area (Å²) in [6.07, 6.45) is 0. The lowest BCUT2D eigenvalue weighted by atomic mass is 10.1. The van der Waals surface area contributed by atoms with E-state index in [1.165, 1.54) is 0 Å². The van der Waals surface area contributed by atoms with E-state index in [9.17, 15) is 4.79 Å². The molecule has 0 fully saturated rings. The van der Waals surface area contributed by atoms with E-state index in [0.29, 0.717) is 0 Å². The first-order valence-corrected chi connectivity index (χ1v) is 7.38. The number of thiophene rings is 1. The lowest BCUT2D eigenvalue weighted by Gasteiger charge is -1.98. The number of aromatic carboxylic acids is 1. The molecule has 0 unspecified atom stereocenters. The lowest BCUT2D eigenvalue weighted by molar-refractivity contribution is 0.0697. The van der Waals surface area contributed by atoms with Crippen LogP contribution in [0.5, 0.6) is 0 Å². The van der Waals surface area contributed by atoms with Crippen LogP contribution in [0, 0.1) is 0 Å². The molecule has 0 saturated heterocycles. The largest absolute Gasteiger partial charge is 0.478 e. The van der Waals surface area contributed by atoms with Crippen molar-refractivity contribution in [1.29, 1.82) is 0 Å². The molecule has 3 aromatic rings. The van der Waals surface area contributed by atoms with E-state index in [2.05, 4.69) is 10.4 Å². The molecular formula is C14H9NO2S2. The van der Waals surface area contributed by atoms with Gasteiger partial charge in [0.25, 0.3) is 0 Å². The third-order valence-electron chi connectivity index (χ3n) is 2.68. The number of hydrogen-bond acceptors (Lipinski definition) is 4. The highest BCUT2D eigenvalue weighted by Crippen LogP contribution is 2.30. The van der Waals surface area contributed by atoms with Gasteiger partial charge in [0, 0.05) is 21.9 Å². The first-order valence-electron chi connectivity index (χ1n) is 5.56. The predicted molar refractivity (Wildman–Crippen MR) is 77.8 cm³/mol. The topological polar surface area (TPSA) is 50.2 Å². The van der Waals surface area contributed by atoms with Gasteiger partial charge in [-0.15, -0.1) is 11.3 Å². The number of aromatic nitrogens is 1. The fraction of sp³-hybridized carbons (Fsp3) is 0. The molecule has 5 heteroatoms. The van der Waals surface area contributed by atoms with Crippen molar-refractivity contribution in [2.75, 3.05) is 0 Å². The maximum absolute atomic E-state index is 11.0. The van der Waals surface area contributed by atoms with Crippen LogP contribution in [0.25, 0.3) is 21.8 Å². The standard InChI is InChI=1S/C14H9NO2S2/c16-14(17)10-3-1-2-9(6-10)12-8-19-13(15-12)11-4-5-18-7-11/h1-8H,(H,16,17). The Bertz CT molecular complexity index is 717. The monoisotopic (exact) mass is 287 g/mol. The van der Waals surface area contributed by atoms with Crippen LogP contribution in [-0.2, 0) is 0 Å². The van der Waals surface area contributed by atoms with Crippen LogP contribution in [0.15, 0.2) is 46.5 Å². The Morgan fingerprint density at radius 2 is 2.05 bits per heavy atom. The number of benzene rings is 1. The molecule has 0 atom stereocenters. The zero-order valence-corrected chi connectivity index (χ0v) is 11.4. The molecule has 1 aromatic carbocycles. The van der Waals surface area contributed by atoms with Gasteiger partial charge in [0.05, 0.1) is 11.3 Å². The third-order valence-corrected chi connectivity index (χ3v) is 4.25. The molecule has 0 amide bonds. The number of carboxylic acids is 1. The van der Waals surface area contributed by atoms with E-state index < -0.39 is 5.97 Å². The van der Waals surface area contributed by atoms with Crippen LogP contribution < -0.4 is 0 Å². The van der Waals surface area contributed by atoms with Crippen molar-refractivity contribution in [3.05, 3.63) is 52.0 Å². The second kappa shape index (κ2) is 4.95. The van der Waals surface area contributed by atoms with Crippen LogP contribution in [0.3, 0.4) is 0 Å². The zero-order valence-electron chi connectivity index (χ0n) is 9.74. The van der Waals surface area contributed by atoms with E-state index in [1.54, 1.807) is 40.9 Å². The maximum Gasteiger partial charge on any atom is 0.335 e. The van der Waals surface area contributed by atoms with E-state index in [1.807, 2.05) is 22.9 Å². The fourth-order valence-corrected chi connectivity index (χ4v) is 3.28. The van der Waals surface area contributed by atoms with E-state index in [4.69, 9.17) is 5.11 Å². The van der Waals surface area contributed by atoms with Gasteiger partial charge in [-0.1, -0.05) is 12.1 Å². The molecule has 2 aromatic heterocycles. The first kappa shape index (κ1) is 12.1. The van der Waals surface area contributed by atoms with Gasteiger partial charge in [-0.3, -0.25) is 0 Å². The maximum atomic E-state index is 11.0. The van der Waals surface area contributed by atoms with Gasteiger partial charge in [-0.25, -0.2) is 9.78 Å². The molecule has 2 heterocycles. The Labute approximate surface area is 117 Å². The van der Waals surface area contributed by atoms with Crippen molar-refractivity contribution in [2.24, 2.45) is 0 Å². The van der Waals surface area contributed by atoms with Crippen LogP contribution in [-0.4, -0.2) is 16.1 Å². The Kier molecular flexibility index (Phi) is 3.15. The Morgan fingerprint density at radius 3 is 2.79 bits per heavy atom. The molecule has 0 aliphatic rings. The second-order valence-corrected chi connectivity index (χ2v) is 5.57. The Hall–Kier alpha value is -1.98. The van der Waals surface area contributed by atoms with Gasteiger partial charge in [-0.2, -0.15) is 11.3 Å². The minimum absolute atomic E-state index is 0.280. The molecular weight excluding hydrogens is 278 g/mol. The molecule has 0 radical (unpaired) electrons.